The highest BCUT2D eigenvalue weighted by Gasteiger charge is 2.35. The number of benzene rings is 2. The summed E-state index contributed by atoms with van der Waals surface area (Å²) in [5.74, 6) is 0.361. The Kier molecular flexibility index (Phi) is 5.52. The molecule has 0 saturated heterocycles. The Morgan fingerprint density at radius 3 is 2.57 bits per heavy atom. The van der Waals surface area contributed by atoms with Crippen molar-refractivity contribution < 1.29 is 17.9 Å². The molecule has 0 spiro atoms. The molecule has 7 nitrogen and oxygen atoms in total. The molecule has 1 amide bonds. The van der Waals surface area contributed by atoms with Crippen molar-refractivity contribution in [2.75, 3.05) is 13.7 Å². The molecule has 1 aliphatic carbocycles. The molecule has 1 saturated carbocycles. The number of hydrogen-bond donors (Lipinski definition) is 0. The van der Waals surface area contributed by atoms with Crippen LogP contribution in [-0.4, -0.2) is 42.9 Å². The zero-order valence-electron chi connectivity index (χ0n) is 17.0. The van der Waals surface area contributed by atoms with Gasteiger partial charge in [0.05, 0.1) is 21.7 Å². The van der Waals surface area contributed by atoms with Gasteiger partial charge in [-0.05, 0) is 62.2 Å². The van der Waals surface area contributed by atoms with Crippen LogP contribution in [-0.2, 0) is 17.1 Å². The van der Waals surface area contributed by atoms with Crippen LogP contribution in [0.4, 0.5) is 0 Å². The Labute approximate surface area is 179 Å². The number of nitrogens with zero attached hydrogens (tertiary/aromatic N) is 3. The molecule has 0 aliphatic heterocycles. The third-order valence-corrected chi connectivity index (χ3v) is 8.15. The third-order valence-electron chi connectivity index (χ3n) is 5.13. The van der Waals surface area contributed by atoms with Gasteiger partial charge in [-0.2, -0.15) is 9.30 Å². The van der Waals surface area contributed by atoms with Crippen molar-refractivity contribution in [1.29, 1.82) is 0 Å². The number of thiazole rings is 1. The number of aromatic nitrogens is 1. The highest BCUT2D eigenvalue weighted by Crippen LogP contribution is 2.30. The predicted molar refractivity (Wildman–Crippen MR) is 116 cm³/mol. The lowest BCUT2D eigenvalue weighted by molar-refractivity contribution is 0.0998. The molecule has 158 valence electrons. The minimum atomic E-state index is -3.53. The molecule has 1 fully saturated rings. The van der Waals surface area contributed by atoms with E-state index in [-0.39, 0.29) is 10.9 Å². The van der Waals surface area contributed by atoms with Crippen LogP contribution in [0.3, 0.4) is 0 Å². The number of fused-ring (bicyclic) bond motifs is 1. The van der Waals surface area contributed by atoms with Gasteiger partial charge in [0.1, 0.15) is 5.75 Å². The van der Waals surface area contributed by atoms with Crippen molar-refractivity contribution in [3.63, 3.8) is 0 Å². The molecule has 0 N–H and O–H groups in total. The van der Waals surface area contributed by atoms with E-state index in [0.29, 0.717) is 17.0 Å². The van der Waals surface area contributed by atoms with Crippen LogP contribution in [0.15, 0.2) is 52.4 Å². The first kappa shape index (κ1) is 20.8. The first-order chi connectivity index (χ1) is 14.3. The van der Waals surface area contributed by atoms with E-state index < -0.39 is 15.9 Å². The van der Waals surface area contributed by atoms with Crippen molar-refractivity contribution in [2.45, 2.75) is 30.7 Å². The highest BCUT2D eigenvalue weighted by atomic mass is 32.2. The first-order valence-electron chi connectivity index (χ1n) is 9.71. The molecule has 0 atom stereocenters. The standard InChI is InChI=1S/C21H23N3O4S2/c1-4-28-16-9-12-18-19(13-16)29-21(23(18)2)22-20(25)14-5-10-17(11-6-14)30(26,27)24(3)15-7-8-15/h5-6,9-13,15H,4,7-8H2,1-3H3. The lowest BCUT2D eigenvalue weighted by Gasteiger charge is -2.16. The van der Waals surface area contributed by atoms with Gasteiger partial charge in [-0.3, -0.25) is 4.79 Å². The summed E-state index contributed by atoms with van der Waals surface area (Å²) in [4.78, 5) is 17.7. The van der Waals surface area contributed by atoms with Gasteiger partial charge in [0, 0.05) is 25.7 Å². The molecule has 2 aromatic carbocycles. The smallest absolute Gasteiger partial charge is 0.279 e. The molecule has 4 rings (SSSR count). The normalized spacial score (nSPS) is 15.1. The monoisotopic (exact) mass is 445 g/mol. The lowest BCUT2D eigenvalue weighted by Crippen LogP contribution is -2.28. The van der Waals surface area contributed by atoms with Crippen LogP contribution >= 0.6 is 11.3 Å². The summed E-state index contributed by atoms with van der Waals surface area (Å²) in [5.41, 5.74) is 1.30. The second-order valence-electron chi connectivity index (χ2n) is 7.20. The number of carbonyl (C=O) groups excluding carboxylic acids is 1. The van der Waals surface area contributed by atoms with Crippen molar-refractivity contribution in [3.05, 3.63) is 52.8 Å². The van der Waals surface area contributed by atoms with Gasteiger partial charge in [-0.25, -0.2) is 8.42 Å². The van der Waals surface area contributed by atoms with Gasteiger partial charge in [-0.1, -0.05) is 11.3 Å². The zero-order chi connectivity index (χ0) is 21.5. The minimum absolute atomic E-state index is 0.0857. The fourth-order valence-electron chi connectivity index (χ4n) is 3.20. The first-order valence-corrected chi connectivity index (χ1v) is 12.0. The maximum atomic E-state index is 12.7. The van der Waals surface area contributed by atoms with Crippen LogP contribution < -0.4 is 9.54 Å². The summed E-state index contributed by atoms with van der Waals surface area (Å²) < 4.78 is 35.0. The summed E-state index contributed by atoms with van der Waals surface area (Å²) in [6, 6.07) is 11.8. The SMILES string of the molecule is CCOc1ccc2c(c1)sc(=NC(=O)c1ccc(S(=O)(=O)N(C)C3CC3)cc1)n2C. The molecule has 1 aliphatic rings. The molecule has 0 unspecified atom stereocenters. The molecule has 30 heavy (non-hydrogen) atoms. The van der Waals surface area contributed by atoms with Gasteiger partial charge in [0.15, 0.2) is 4.80 Å². The average molecular weight is 446 g/mol. The van der Waals surface area contributed by atoms with Gasteiger partial charge < -0.3 is 9.30 Å². The molecule has 0 bridgehead atoms. The predicted octanol–water partition coefficient (Wildman–Crippen LogP) is 3.16. The number of aryl methyl sites for hydroxylation is 1. The van der Waals surface area contributed by atoms with E-state index in [1.807, 2.05) is 36.7 Å². The maximum absolute atomic E-state index is 12.7. The van der Waals surface area contributed by atoms with Crippen molar-refractivity contribution >= 4 is 37.5 Å². The Morgan fingerprint density at radius 1 is 1.23 bits per heavy atom. The molecule has 1 aromatic heterocycles. The Balaban J connectivity index is 1.62. The van der Waals surface area contributed by atoms with E-state index in [2.05, 4.69) is 4.99 Å². The maximum Gasteiger partial charge on any atom is 0.279 e. The summed E-state index contributed by atoms with van der Waals surface area (Å²) >= 11 is 1.40. The van der Waals surface area contributed by atoms with Crippen LogP contribution in [0.2, 0.25) is 0 Å². The molecule has 1 heterocycles. The van der Waals surface area contributed by atoms with Crippen molar-refractivity contribution in [1.82, 2.24) is 8.87 Å². The van der Waals surface area contributed by atoms with Gasteiger partial charge in [0.25, 0.3) is 5.91 Å². The second-order valence-corrected chi connectivity index (χ2v) is 10.2. The molecular weight excluding hydrogens is 422 g/mol. The molecule has 0 radical (unpaired) electrons. The fraction of sp³-hybridized carbons (Fsp3) is 0.333. The topological polar surface area (TPSA) is 81.0 Å². The summed E-state index contributed by atoms with van der Waals surface area (Å²) in [5, 5.41) is 0. The molecule has 9 heteroatoms. The van der Waals surface area contributed by atoms with E-state index in [4.69, 9.17) is 4.74 Å². The molecule has 3 aromatic rings. The van der Waals surface area contributed by atoms with Crippen LogP contribution in [0, 0.1) is 0 Å². The lowest BCUT2D eigenvalue weighted by atomic mass is 10.2. The van der Waals surface area contributed by atoms with E-state index in [1.54, 1.807) is 7.05 Å². The van der Waals surface area contributed by atoms with Gasteiger partial charge >= 0.3 is 0 Å². The Morgan fingerprint density at radius 2 is 1.93 bits per heavy atom. The summed E-state index contributed by atoms with van der Waals surface area (Å²) in [6.07, 6.45) is 1.78. The Bertz CT molecular complexity index is 1270. The van der Waals surface area contributed by atoms with Crippen molar-refractivity contribution in [3.8, 4) is 5.75 Å². The number of carbonyl (C=O) groups is 1. The van der Waals surface area contributed by atoms with E-state index in [1.165, 1.54) is 39.9 Å². The van der Waals surface area contributed by atoms with E-state index in [9.17, 15) is 13.2 Å². The fourth-order valence-corrected chi connectivity index (χ4v) is 5.66. The third kappa shape index (κ3) is 3.92. The van der Waals surface area contributed by atoms with E-state index >= 15 is 0 Å². The summed E-state index contributed by atoms with van der Waals surface area (Å²) in [7, 11) is -0.0797. The summed E-state index contributed by atoms with van der Waals surface area (Å²) in [6.45, 7) is 2.51. The zero-order valence-corrected chi connectivity index (χ0v) is 18.7. The number of sulfonamides is 1. The largest absolute Gasteiger partial charge is 0.494 e. The quantitative estimate of drug-likeness (QED) is 0.584. The van der Waals surface area contributed by atoms with E-state index in [0.717, 1.165) is 28.8 Å². The Hall–Kier alpha value is -2.49. The van der Waals surface area contributed by atoms with Gasteiger partial charge in [0.2, 0.25) is 10.0 Å². The van der Waals surface area contributed by atoms with Crippen LogP contribution in [0.25, 0.3) is 10.2 Å². The molecular formula is C21H23N3O4S2. The van der Waals surface area contributed by atoms with Gasteiger partial charge in [-0.15, -0.1) is 0 Å². The van der Waals surface area contributed by atoms with Crippen LogP contribution in [0.5, 0.6) is 5.75 Å². The number of amides is 1. The number of hydrogen-bond acceptors (Lipinski definition) is 5. The average Bonchev–Trinajstić information content (AvgIpc) is 3.53. The number of rotatable bonds is 6. The second kappa shape index (κ2) is 7.98. The van der Waals surface area contributed by atoms with Crippen molar-refractivity contribution in [2.24, 2.45) is 12.0 Å². The minimum Gasteiger partial charge on any atom is -0.494 e. The number of ether oxygens (including phenoxy) is 1. The highest BCUT2D eigenvalue weighted by molar-refractivity contribution is 7.89. The van der Waals surface area contributed by atoms with Crippen LogP contribution in [0.1, 0.15) is 30.1 Å².